The average molecular weight is 366 g/mol. The lowest BCUT2D eigenvalue weighted by molar-refractivity contribution is -0.134. The summed E-state index contributed by atoms with van der Waals surface area (Å²) in [5, 5.41) is 0. The minimum absolute atomic E-state index is 0.0202. The van der Waals surface area contributed by atoms with E-state index in [0.29, 0.717) is 19.5 Å². The number of anilines is 1. The van der Waals surface area contributed by atoms with Gasteiger partial charge in [0, 0.05) is 42.4 Å². The summed E-state index contributed by atoms with van der Waals surface area (Å²) in [4.78, 5) is 35.6. The third-order valence-electron chi connectivity index (χ3n) is 5.22. The zero-order valence-electron chi connectivity index (χ0n) is 15.9. The number of nitrogens with zero attached hydrogens (tertiary/aromatic N) is 3. The summed E-state index contributed by atoms with van der Waals surface area (Å²) in [6, 6.07) is 9.77. The topological polar surface area (TPSA) is 89.2 Å². The van der Waals surface area contributed by atoms with E-state index in [1.807, 2.05) is 49.1 Å². The molecule has 1 aromatic heterocycles. The Bertz CT molecular complexity index is 812. The van der Waals surface area contributed by atoms with Crippen LogP contribution in [0, 0.1) is 19.8 Å². The van der Waals surface area contributed by atoms with Crippen LogP contribution >= 0.6 is 0 Å². The fourth-order valence-electron chi connectivity index (χ4n) is 3.69. The van der Waals surface area contributed by atoms with Crippen molar-refractivity contribution in [3.8, 4) is 0 Å². The van der Waals surface area contributed by atoms with Gasteiger partial charge in [0.25, 0.3) is 0 Å². The third kappa shape index (κ3) is 4.70. The standard InChI is InChI=1S/C21H26N4O2/c1-14-18(15(2)24-21(22)23-14)12-20(27)25-10-6-9-17(13-25)19(26)11-16-7-4-3-5-8-16/h3-5,7-8,17H,6,9-13H2,1-2H3,(H2,22,23,24)/t17-/m0/s1. The van der Waals surface area contributed by atoms with Crippen molar-refractivity contribution < 1.29 is 9.59 Å². The number of benzene rings is 1. The van der Waals surface area contributed by atoms with Crippen molar-refractivity contribution in [2.24, 2.45) is 5.92 Å². The Morgan fingerprint density at radius 1 is 1.11 bits per heavy atom. The first kappa shape index (κ1) is 19.0. The van der Waals surface area contributed by atoms with Crippen molar-refractivity contribution in [3.05, 3.63) is 52.8 Å². The number of aryl methyl sites for hydroxylation is 2. The van der Waals surface area contributed by atoms with Crippen LogP contribution in [0.2, 0.25) is 0 Å². The summed E-state index contributed by atoms with van der Waals surface area (Å²) in [6.45, 7) is 4.88. The molecule has 1 amide bonds. The van der Waals surface area contributed by atoms with Gasteiger partial charge in [0.1, 0.15) is 5.78 Å². The molecule has 0 bridgehead atoms. The monoisotopic (exact) mass is 366 g/mol. The van der Waals surface area contributed by atoms with Crippen LogP contribution in [0.4, 0.5) is 5.95 Å². The number of hydrogen-bond acceptors (Lipinski definition) is 5. The number of nitrogens with two attached hydrogens (primary N) is 1. The second kappa shape index (κ2) is 8.29. The summed E-state index contributed by atoms with van der Waals surface area (Å²) in [5.74, 6) is 0.368. The smallest absolute Gasteiger partial charge is 0.227 e. The fourth-order valence-corrected chi connectivity index (χ4v) is 3.69. The first-order chi connectivity index (χ1) is 12.9. The van der Waals surface area contributed by atoms with Gasteiger partial charge in [-0.2, -0.15) is 0 Å². The minimum atomic E-state index is -0.0900. The summed E-state index contributed by atoms with van der Waals surface area (Å²) in [5.41, 5.74) is 8.99. The summed E-state index contributed by atoms with van der Waals surface area (Å²) in [7, 11) is 0. The highest BCUT2D eigenvalue weighted by atomic mass is 16.2. The first-order valence-electron chi connectivity index (χ1n) is 9.38. The van der Waals surface area contributed by atoms with Crippen molar-refractivity contribution >= 4 is 17.6 Å². The van der Waals surface area contributed by atoms with Crippen molar-refractivity contribution in [2.75, 3.05) is 18.8 Å². The largest absolute Gasteiger partial charge is 0.368 e. The van der Waals surface area contributed by atoms with Crippen LogP contribution in [0.25, 0.3) is 0 Å². The predicted molar refractivity (Wildman–Crippen MR) is 104 cm³/mol. The fraction of sp³-hybridized carbons (Fsp3) is 0.429. The molecule has 142 valence electrons. The second-order valence-electron chi connectivity index (χ2n) is 7.22. The maximum absolute atomic E-state index is 12.8. The van der Waals surface area contributed by atoms with Crippen LogP contribution in [0.1, 0.15) is 35.4 Å². The van der Waals surface area contributed by atoms with E-state index in [-0.39, 0.29) is 30.0 Å². The van der Waals surface area contributed by atoms with Crippen molar-refractivity contribution in [2.45, 2.75) is 39.5 Å². The van der Waals surface area contributed by atoms with Gasteiger partial charge in [0.05, 0.1) is 6.42 Å². The van der Waals surface area contributed by atoms with Gasteiger partial charge in [-0.15, -0.1) is 0 Å². The van der Waals surface area contributed by atoms with E-state index in [2.05, 4.69) is 9.97 Å². The first-order valence-corrected chi connectivity index (χ1v) is 9.38. The van der Waals surface area contributed by atoms with Crippen LogP contribution in [0.15, 0.2) is 30.3 Å². The molecule has 2 heterocycles. The summed E-state index contributed by atoms with van der Waals surface area (Å²) >= 11 is 0. The Balaban J connectivity index is 1.64. The molecule has 6 heteroatoms. The van der Waals surface area contributed by atoms with E-state index in [9.17, 15) is 9.59 Å². The maximum atomic E-state index is 12.8. The lowest BCUT2D eigenvalue weighted by Crippen LogP contribution is -2.43. The molecule has 0 aliphatic carbocycles. The molecular weight excluding hydrogens is 340 g/mol. The van der Waals surface area contributed by atoms with Gasteiger partial charge in [-0.3, -0.25) is 9.59 Å². The van der Waals surface area contributed by atoms with E-state index in [0.717, 1.165) is 35.4 Å². The maximum Gasteiger partial charge on any atom is 0.227 e. The molecule has 1 aliphatic rings. The normalized spacial score (nSPS) is 17.0. The summed E-state index contributed by atoms with van der Waals surface area (Å²) in [6.07, 6.45) is 2.38. The van der Waals surface area contributed by atoms with Crippen LogP contribution in [-0.2, 0) is 22.4 Å². The number of carbonyl (C=O) groups excluding carboxylic acids is 2. The third-order valence-corrected chi connectivity index (χ3v) is 5.22. The Morgan fingerprint density at radius 3 is 2.44 bits per heavy atom. The SMILES string of the molecule is Cc1nc(N)nc(C)c1CC(=O)N1CCC[C@H](C(=O)Cc2ccccc2)C1. The van der Waals surface area contributed by atoms with E-state index in [1.54, 1.807) is 0 Å². The predicted octanol–water partition coefficient (Wildman–Crippen LogP) is 2.27. The second-order valence-corrected chi connectivity index (χ2v) is 7.22. The van der Waals surface area contributed by atoms with Gasteiger partial charge in [-0.1, -0.05) is 30.3 Å². The van der Waals surface area contributed by atoms with E-state index >= 15 is 0 Å². The molecule has 1 aliphatic heterocycles. The minimum Gasteiger partial charge on any atom is -0.368 e. The lowest BCUT2D eigenvalue weighted by atomic mass is 9.90. The van der Waals surface area contributed by atoms with Gasteiger partial charge in [0.15, 0.2) is 0 Å². The molecule has 0 spiro atoms. The zero-order chi connectivity index (χ0) is 19.4. The average Bonchev–Trinajstić information content (AvgIpc) is 2.65. The van der Waals surface area contributed by atoms with Crippen molar-refractivity contribution in [1.82, 2.24) is 14.9 Å². The molecule has 3 rings (SSSR count). The Labute approximate surface area is 159 Å². The van der Waals surface area contributed by atoms with Crippen LogP contribution in [0.3, 0.4) is 0 Å². The highest BCUT2D eigenvalue weighted by Gasteiger charge is 2.28. The van der Waals surface area contributed by atoms with E-state index < -0.39 is 0 Å². The number of Topliss-reactive ketones (excluding diaryl/α,β-unsaturated/α-hetero) is 1. The molecule has 6 nitrogen and oxygen atoms in total. The molecular formula is C21H26N4O2. The molecule has 1 saturated heterocycles. The van der Waals surface area contributed by atoms with Crippen LogP contribution in [-0.4, -0.2) is 39.6 Å². The number of aromatic nitrogens is 2. The Kier molecular flexibility index (Phi) is 5.84. The highest BCUT2D eigenvalue weighted by Crippen LogP contribution is 2.21. The highest BCUT2D eigenvalue weighted by molar-refractivity contribution is 5.85. The van der Waals surface area contributed by atoms with Gasteiger partial charge < -0.3 is 10.6 Å². The Morgan fingerprint density at radius 2 is 1.78 bits per heavy atom. The van der Waals surface area contributed by atoms with Gasteiger partial charge in [-0.05, 0) is 32.3 Å². The number of hydrogen-bond donors (Lipinski definition) is 1. The van der Waals surface area contributed by atoms with Gasteiger partial charge in [-0.25, -0.2) is 9.97 Å². The number of rotatable bonds is 5. The number of ketones is 1. The molecule has 1 atom stereocenters. The van der Waals surface area contributed by atoms with Gasteiger partial charge in [0.2, 0.25) is 11.9 Å². The molecule has 1 aromatic carbocycles. The molecule has 0 unspecified atom stereocenters. The molecule has 2 N–H and O–H groups in total. The number of carbonyl (C=O) groups is 2. The molecule has 0 saturated carbocycles. The van der Waals surface area contributed by atoms with Crippen molar-refractivity contribution in [3.63, 3.8) is 0 Å². The molecule has 2 aromatic rings. The number of nitrogen functional groups attached to an aromatic ring is 1. The quantitative estimate of drug-likeness (QED) is 0.877. The van der Waals surface area contributed by atoms with Crippen LogP contribution in [0.5, 0.6) is 0 Å². The number of amides is 1. The molecule has 1 fully saturated rings. The Hall–Kier alpha value is -2.76. The number of piperidine rings is 1. The number of likely N-dealkylation sites (tertiary alicyclic amines) is 1. The summed E-state index contributed by atoms with van der Waals surface area (Å²) < 4.78 is 0. The van der Waals surface area contributed by atoms with E-state index in [1.165, 1.54) is 0 Å². The molecule has 27 heavy (non-hydrogen) atoms. The zero-order valence-corrected chi connectivity index (χ0v) is 15.9. The van der Waals surface area contributed by atoms with Crippen molar-refractivity contribution in [1.29, 1.82) is 0 Å². The molecule has 0 radical (unpaired) electrons. The van der Waals surface area contributed by atoms with Gasteiger partial charge >= 0.3 is 0 Å². The van der Waals surface area contributed by atoms with E-state index in [4.69, 9.17) is 5.73 Å². The van der Waals surface area contributed by atoms with Crippen LogP contribution < -0.4 is 5.73 Å². The lowest BCUT2D eigenvalue weighted by Gasteiger charge is -2.32.